The van der Waals surface area contributed by atoms with E-state index in [9.17, 15) is 0 Å². The van der Waals surface area contributed by atoms with E-state index in [1.54, 1.807) is 7.11 Å². The standard InChI is InChI=1S/C20H26N6O/c1-4-21-20(23-14-16-9-8-15(2)13-17(16)27-3)22-11-10-19-25-24-18-7-5-6-12-26(18)19/h5-9,12-13H,4,10-11,14H2,1-3H3,(H2,21,22,23). The third kappa shape index (κ3) is 4.75. The van der Waals surface area contributed by atoms with Crippen molar-refractivity contribution in [2.45, 2.75) is 26.8 Å². The zero-order valence-corrected chi connectivity index (χ0v) is 16.1. The van der Waals surface area contributed by atoms with Gasteiger partial charge in [-0.2, -0.15) is 0 Å². The zero-order chi connectivity index (χ0) is 19.1. The van der Waals surface area contributed by atoms with Crippen LogP contribution in [-0.2, 0) is 13.0 Å². The van der Waals surface area contributed by atoms with Crippen molar-refractivity contribution in [1.82, 2.24) is 25.2 Å². The predicted molar refractivity (Wildman–Crippen MR) is 107 cm³/mol. The van der Waals surface area contributed by atoms with Crippen LogP contribution in [0.5, 0.6) is 5.75 Å². The maximum absolute atomic E-state index is 5.46. The van der Waals surface area contributed by atoms with Gasteiger partial charge in [0.2, 0.25) is 0 Å². The third-order valence-electron chi connectivity index (χ3n) is 4.22. The summed E-state index contributed by atoms with van der Waals surface area (Å²) in [7, 11) is 1.69. The average Bonchev–Trinajstić information content (AvgIpc) is 3.10. The van der Waals surface area contributed by atoms with Crippen LogP contribution in [0.2, 0.25) is 0 Å². The number of ether oxygens (including phenoxy) is 1. The molecule has 0 atom stereocenters. The summed E-state index contributed by atoms with van der Waals surface area (Å²) >= 11 is 0. The quantitative estimate of drug-likeness (QED) is 0.496. The number of methoxy groups -OCH3 is 1. The lowest BCUT2D eigenvalue weighted by Gasteiger charge is -2.12. The van der Waals surface area contributed by atoms with Gasteiger partial charge in [-0.25, -0.2) is 4.99 Å². The summed E-state index contributed by atoms with van der Waals surface area (Å²) in [6.07, 6.45) is 2.73. The number of pyridine rings is 1. The number of guanidine groups is 1. The Kier molecular flexibility index (Phi) is 6.25. The first kappa shape index (κ1) is 18.7. The van der Waals surface area contributed by atoms with Crippen LogP contribution in [0.4, 0.5) is 0 Å². The summed E-state index contributed by atoms with van der Waals surface area (Å²) in [5.41, 5.74) is 3.09. The van der Waals surface area contributed by atoms with Crippen LogP contribution < -0.4 is 15.4 Å². The summed E-state index contributed by atoms with van der Waals surface area (Å²) in [6, 6.07) is 12.1. The van der Waals surface area contributed by atoms with Crippen molar-refractivity contribution < 1.29 is 4.74 Å². The van der Waals surface area contributed by atoms with E-state index in [-0.39, 0.29) is 0 Å². The number of nitrogens with zero attached hydrogens (tertiary/aromatic N) is 4. The largest absolute Gasteiger partial charge is 0.496 e. The van der Waals surface area contributed by atoms with Gasteiger partial charge in [0.1, 0.15) is 11.6 Å². The van der Waals surface area contributed by atoms with Crippen molar-refractivity contribution >= 4 is 11.6 Å². The molecule has 0 amide bonds. The van der Waals surface area contributed by atoms with Gasteiger partial charge in [-0.1, -0.05) is 18.2 Å². The lowest BCUT2D eigenvalue weighted by atomic mass is 10.1. The molecule has 2 heterocycles. The number of hydrogen-bond acceptors (Lipinski definition) is 4. The van der Waals surface area contributed by atoms with Crippen LogP contribution in [0.25, 0.3) is 5.65 Å². The van der Waals surface area contributed by atoms with E-state index < -0.39 is 0 Å². The van der Waals surface area contributed by atoms with Crippen LogP contribution in [0.3, 0.4) is 0 Å². The van der Waals surface area contributed by atoms with Gasteiger partial charge in [-0.15, -0.1) is 10.2 Å². The Morgan fingerprint density at radius 2 is 2.07 bits per heavy atom. The molecule has 27 heavy (non-hydrogen) atoms. The topological polar surface area (TPSA) is 75.8 Å². The van der Waals surface area contributed by atoms with Crippen molar-refractivity contribution in [3.8, 4) is 5.75 Å². The Labute approximate surface area is 159 Å². The molecule has 1 aromatic carbocycles. The van der Waals surface area contributed by atoms with E-state index in [1.807, 2.05) is 34.9 Å². The maximum atomic E-state index is 5.46. The number of nitrogens with one attached hydrogen (secondary N) is 2. The van der Waals surface area contributed by atoms with Crippen molar-refractivity contribution in [3.63, 3.8) is 0 Å². The van der Waals surface area contributed by atoms with Gasteiger partial charge in [-0.05, 0) is 37.6 Å². The molecule has 0 bridgehead atoms. The Hall–Kier alpha value is -3.09. The molecular formula is C20H26N6O. The molecule has 7 heteroatoms. The number of aryl methyl sites for hydroxylation is 1. The molecule has 0 aliphatic heterocycles. The van der Waals surface area contributed by atoms with E-state index in [0.717, 1.165) is 41.7 Å². The molecule has 0 saturated carbocycles. The van der Waals surface area contributed by atoms with Crippen molar-refractivity contribution in [2.24, 2.45) is 4.99 Å². The minimum Gasteiger partial charge on any atom is -0.496 e. The van der Waals surface area contributed by atoms with Gasteiger partial charge >= 0.3 is 0 Å². The molecule has 0 unspecified atom stereocenters. The van der Waals surface area contributed by atoms with Gasteiger partial charge in [0.25, 0.3) is 0 Å². The summed E-state index contributed by atoms with van der Waals surface area (Å²) in [5.74, 6) is 2.56. The van der Waals surface area contributed by atoms with E-state index in [2.05, 4.69) is 51.8 Å². The van der Waals surface area contributed by atoms with E-state index in [4.69, 9.17) is 4.74 Å². The van der Waals surface area contributed by atoms with Crippen molar-refractivity contribution in [3.05, 3.63) is 59.5 Å². The molecule has 0 aliphatic carbocycles. The normalized spacial score (nSPS) is 11.6. The monoisotopic (exact) mass is 366 g/mol. The van der Waals surface area contributed by atoms with E-state index in [0.29, 0.717) is 13.1 Å². The maximum Gasteiger partial charge on any atom is 0.191 e. The van der Waals surface area contributed by atoms with Gasteiger partial charge < -0.3 is 15.4 Å². The molecule has 0 fully saturated rings. The molecule has 2 aromatic heterocycles. The van der Waals surface area contributed by atoms with Crippen LogP contribution in [0.15, 0.2) is 47.6 Å². The van der Waals surface area contributed by atoms with E-state index in [1.165, 1.54) is 5.56 Å². The molecular weight excluding hydrogens is 340 g/mol. The van der Waals surface area contributed by atoms with Crippen LogP contribution in [0.1, 0.15) is 23.9 Å². The van der Waals surface area contributed by atoms with Gasteiger partial charge in [-0.3, -0.25) is 4.40 Å². The lowest BCUT2D eigenvalue weighted by molar-refractivity contribution is 0.409. The Bertz CT molecular complexity index is 918. The molecule has 0 spiro atoms. The van der Waals surface area contributed by atoms with Crippen LogP contribution >= 0.6 is 0 Å². The first-order chi connectivity index (χ1) is 13.2. The molecule has 3 aromatic rings. The van der Waals surface area contributed by atoms with Crippen molar-refractivity contribution in [2.75, 3.05) is 20.2 Å². The van der Waals surface area contributed by atoms with Crippen LogP contribution in [0, 0.1) is 6.92 Å². The second-order valence-corrected chi connectivity index (χ2v) is 6.23. The highest BCUT2D eigenvalue weighted by Crippen LogP contribution is 2.20. The number of aromatic nitrogens is 3. The summed E-state index contributed by atoms with van der Waals surface area (Å²) in [6.45, 7) is 6.16. The summed E-state index contributed by atoms with van der Waals surface area (Å²) in [5, 5.41) is 15.1. The molecule has 7 nitrogen and oxygen atoms in total. The number of fused-ring (bicyclic) bond motifs is 1. The summed E-state index contributed by atoms with van der Waals surface area (Å²) in [4.78, 5) is 4.67. The molecule has 2 N–H and O–H groups in total. The number of aliphatic imine (C=N–C) groups is 1. The van der Waals surface area contributed by atoms with Gasteiger partial charge in [0.05, 0.1) is 13.7 Å². The molecule has 0 radical (unpaired) electrons. The third-order valence-corrected chi connectivity index (χ3v) is 4.22. The Balaban J connectivity index is 1.62. The Morgan fingerprint density at radius 1 is 1.19 bits per heavy atom. The van der Waals surface area contributed by atoms with Crippen molar-refractivity contribution in [1.29, 1.82) is 0 Å². The van der Waals surface area contributed by atoms with Crippen LogP contribution in [-0.4, -0.2) is 40.8 Å². The summed E-state index contributed by atoms with van der Waals surface area (Å²) < 4.78 is 7.46. The smallest absolute Gasteiger partial charge is 0.191 e. The molecule has 3 rings (SSSR count). The first-order valence-corrected chi connectivity index (χ1v) is 9.15. The first-order valence-electron chi connectivity index (χ1n) is 9.15. The zero-order valence-electron chi connectivity index (χ0n) is 16.1. The lowest BCUT2D eigenvalue weighted by Crippen LogP contribution is -2.38. The number of benzene rings is 1. The Morgan fingerprint density at radius 3 is 2.89 bits per heavy atom. The highest BCUT2D eigenvalue weighted by atomic mass is 16.5. The fraction of sp³-hybridized carbons (Fsp3) is 0.350. The predicted octanol–water partition coefficient (Wildman–Crippen LogP) is 2.34. The minimum atomic E-state index is 0.548. The molecule has 142 valence electrons. The number of rotatable bonds is 7. The fourth-order valence-corrected chi connectivity index (χ4v) is 2.84. The average molecular weight is 366 g/mol. The van der Waals surface area contributed by atoms with Gasteiger partial charge in [0.15, 0.2) is 11.6 Å². The minimum absolute atomic E-state index is 0.548. The van der Waals surface area contributed by atoms with E-state index >= 15 is 0 Å². The number of hydrogen-bond donors (Lipinski definition) is 2. The molecule has 0 saturated heterocycles. The fourth-order valence-electron chi connectivity index (χ4n) is 2.84. The highest BCUT2D eigenvalue weighted by Gasteiger charge is 2.06. The second kappa shape index (κ2) is 9.02. The SMILES string of the molecule is CCNC(=NCc1ccc(C)cc1OC)NCCc1nnc2ccccn12. The highest BCUT2D eigenvalue weighted by molar-refractivity contribution is 5.79. The van der Waals surface area contributed by atoms with Gasteiger partial charge in [0, 0.05) is 31.3 Å². The second-order valence-electron chi connectivity index (χ2n) is 6.23. The molecule has 0 aliphatic rings.